The summed E-state index contributed by atoms with van der Waals surface area (Å²) in [5.74, 6) is -2.36. The van der Waals surface area contributed by atoms with E-state index in [1.807, 2.05) is 30.3 Å². The van der Waals surface area contributed by atoms with Gasteiger partial charge in [0, 0.05) is 52.3 Å². The van der Waals surface area contributed by atoms with E-state index in [9.17, 15) is 18.4 Å². The number of hydrogen-bond donors (Lipinski definition) is 2. The predicted octanol–water partition coefficient (Wildman–Crippen LogP) is 4.03. The van der Waals surface area contributed by atoms with Crippen LogP contribution in [0.15, 0.2) is 48.5 Å². The number of likely N-dealkylation sites (tertiary alicyclic amines) is 1. The maximum absolute atomic E-state index is 14.0. The van der Waals surface area contributed by atoms with Gasteiger partial charge in [-0.3, -0.25) is 15.0 Å². The fourth-order valence-electron chi connectivity index (χ4n) is 4.30. The first kappa shape index (κ1) is 26.6. The Labute approximate surface area is 218 Å². The van der Waals surface area contributed by atoms with E-state index in [0.717, 1.165) is 23.0 Å². The van der Waals surface area contributed by atoms with Gasteiger partial charge in [0.2, 0.25) is 0 Å². The molecule has 37 heavy (non-hydrogen) atoms. The second-order valence-corrected chi connectivity index (χ2v) is 10.00. The van der Waals surface area contributed by atoms with Crippen LogP contribution >= 0.6 is 11.3 Å². The number of amides is 3. The van der Waals surface area contributed by atoms with Gasteiger partial charge in [0.1, 0.15) is 10.7 Å². The van der Waals surface area contributed by atoms with E-state index in [1.165, 1.54) is 11.0 Å². The number of nitrogens with zero attached hydrogens (tertiary/aromatic N) is 3. The average Bonchev–Trinajstić information content (AvgIpc) is 3.48. The molecule has 0 unspecified atom stereocenters. The molecule has 1 aromatic heterocycles. The van der Waals surface area contributed by atoms with Crippen molar-refractivity contribution in [2.24, 2.45) is 0 Å². The van der Waals surface area contributed by atoms with Crippen molar-refractivity contribution in [2.45, 2.75) is 12.0 Å². The highest BCUT2D eigenvalue weighted by Crippen LogP contribution is 2.34. The molecule has 0 radical (unpaired) electrons. The number of aromatic nitrogens is 1. The Kier molecular flexibility index (Phi) is 8.47. The lowest BCUT2D eigenvalue weighted by molar-refractivity contribution is 0.0827. The average molecular weight is 530 g/mol. The quantitative estimate of drug-likeness (QED) is 0.460. The lowest BCUT2D eigenvalue weighted by Crippen LogP contribution is -2.42. The number of nitrogens with one attached hydrogen (secondary N) is 2. The van der Waals surface area contributed by atoms with E-state index in [-0.39, 0.29) is 22.9 Å². The van der Waals surface area contributed by atoms with Gasteiger partial charge in [-0.25, -0.2) is 18.6 Å². The third kappa shape index (κ3) is 6.30. The first-order valence-corrected chi connectivity index (χ1v) is 12.6. The number of benzene rings is 2. The van der Waals surface area contributed by atoms with Gasteiger partial charge in [-0.15, -0.1) is 0 Å². The third-order valence-corrected chi connectivity index (χ3v) is 7.14. The van der Waals surface area contributed by atoms with Crippen LogP contribution < -0.4 is 10.6 Å². The molecule has 2 heterocycles. The van der Waals surface area contributed by atoms with Gasteiger partial charge in [0.25, 0.3) is 5.91 Å². The van der Waals surface area contributed by atoms with Gasteiger partial charge >= 0.3 is 6.03 Å². The van der Waals surface area contributed by atoms with Crippen molar-refractivity contribution >= 4 is 28.3 Å². The van der Waals surface area contributed by atoms with Gasteiger partial charge < -0.3 is 15.0 Å². The molecule has 1 saturated heterocycles. The molecular weight excluding hydrogens is 500 g/mol. The van der Waals surface area contributed by atoms with Gasteiger partial charge in [0.05, 0.1) is 12.6 Å². The number of rotatable bonds is 8. The SMILES string of the molecule is COCCN1C[C@@H](NC(=O)Nc2sc(C(=O)N(C)C)nc2-c2ccccc2)[C@H](c2ccc(F)c(F)c2)C1. The molecule has 2 aromatic carbocycles. The molecule has 0 bridgehead atoms. The molecule has 2 atom stereocenters. The Morgan fingerprint density at radius 2 is 1.89 bits per heavy atom. The highest BCUT2D eigenvalue weighted by Gasteiger charge is 2.35. The number of ether oxygens (including phenoxy) is 1. The lowest BCUT2D eigenvalue weighted by atomic mass is 9.94. The number of anilines is 1. The number of urea groups is 1. The smallest absolute Gasteiger partial charge is 0.320 e. The van der Waals surface area contributed by atoms with Gasteiger partial charge in [-0.1, -0.05) is 47.7 Å². The maximum Gasteiger partial charge on any atom is 0.320 e. The summed E-state index contributed by atoms with van der Waals surface area (Å²) < 4.78 is 32.7. The molecular formula is C26H29F2N5O3S. The fraction of sp³-hybridized carbons (Fsp3) is 0.346. The van der Waals surface area contributed by atoms with E-state index >= 15 is 0 Å². The zero-order chi connectivity index (χ0) is 26.5. The maximum atomic E-state index is 14.0. The summed E-state index contributed by atoms with van der Waals surface area (Å²) in [6.07, 6.45) is 0. The van der Waals surface area contributed by atoms with Crippen LogP contribution in [-0.4, -0.2) is 80.2 Å². The second-order valence-electron chi connectivity index (χ2n) is 9.00. The monoisotopic (exact) mass is 529 g/mol. The van der Waals surface area contributed by atoms with Crippen molar-refractivity contribution in [1.82, 2.24) is 20.1 Å². The number of carbonyl (C=O) groups is 2. The summed E-state index contributed by atoms with van der Waals surface area (Å²) in [4.78, 5) is 33.8. The van der Waals surface area contributed by atoms with E-state index in [4.69, 9.17) is 4.74 Å². The molecule has 0 saturated carbocycles. The van der Waals surface area contributed by atoms with Crippen LogP contribution in [0.25, 0.3) is 11.3 Å². The second kappa shape index (κ2) is 11.8. The zero-order valence-electron chi connectivity index (χ0n) is 20.8. The Morgan fingerprint density at radius 3 is 2.57 bits per heavy atom. The minimum atomic E-state index is -0.925. The Bertz CT molecular complexity index is 1250. The van der Waals surface area contributed by atoms with Crippen LogP contribution in [0.5, 0.6) is 0 Å². The number of hydrogen-bond acceptors (Lipinski definition) is 6. The van der Waals surface area contributed by atoms with E-state index < -0.39 is 17.7 Å². The highest BCUT2D eigenvalue weighted by molar-refractivity contribution is 7.18. The van der Waals surface area contributed by atoms with Crippen LogP contribution in [-0.2, 0) is 4.74 Å². The third-order valence-electron chi connectivity index (χ3n) is 6.19. The van der Waals surface area contributed by atoms with Crippen LogP contribution in [0.2, 0.25) is 0 Å². The van der Waals surface area contributed by atoms with Crippen LogP contribution in [0.4, 0.5) is 18.6 Å². The molecule has 3 aromatic rings. The van der Waals surface area contributed by atoms with Gasteiger partial charge in [0.15, 0.2) is 16.6 Å². The largest absolute Gasteiger partial charge is 0.383 e. The molecule has 0 aliphatic carbocycles. The van der Waals surface area contributed by atoms with E-state index in [2.05, 4.69) is 20.5 Å². The van der Waals surface area contributed by atoms with E-state index in [1.54, 1.807) is 27.3 Å². The molecule has 2 N–H and O–H groups in total. The van der Waals surface area contributed by atoms with Crippen molar-refractivity contribution < 1.29 is 23.1 Å². The molecule has 1 aliphatic heterocycles. The van der Waals surface area contributed by atoms with Gasteiger partial charge in [-0.05, 0) is 17.7 Å². The molecule has 1 fully saturated rings. The Hall–Kier alpha value is -3.41. The summed E-state index contributed by atoms with van der Waals surface area (Å²) in [7, 11) is 4.89. The molecule has 1 aliphatic rings. The molecule has 8 nitrogen and oxygen atoms in total. The molecule has 11 heteroatoms. The molecule has 4 rings (SSSR count). The minimum Gasteiger partial charge on any atom is -0.383 e. The first-order chi connectivity index (χ1) is 17.8. The summed E-state index contributed by atoms with van der Waals surface area (Å²) in [5, 5.41) is 6.54. The molecule has 0 spiro atoms. The van der Waals surface area contributed by atoms with Crippen molar-refractivity contribution in [2.75, 3.05) is 52.8 Å². The van der Waals surface area contributed by atoms with Crippen molar-refractivity contribution in [3.8, 4) is 11.3 Å². The number of halogens is 2. The van der Waals surface area contributed by atoms with Gasteiger partial charge in [-0.2, -0.15) is 0 Å². The number of carbonyl (C=O) groups excluding carboxylic acids is 2. The lowest BCUT2D eigenvalue weighted by Gasteiger charge is -2.20. The fourth-order valence-corrected chi connectivity index (χ4v) is 5.31. The number of thiazole rings is 1. The van der Waals surface area contributed by atoms with Crippen LogP contribution in [0.3, 0.4) is 0 Å². The Morgan fingerprint density at radius 1 is 1.14 bits per heavy atom. The topological polar surface area (TPSA) is 86.8 Å². The summed E-state index contributed by atoms with van der Waals surface area (Å²) in [6.45, 7) is 2.21. The summed E-state index contributed by atoms with van der Waals surface area (Å²) in [6, 6.07) is 12.3. The van der Waals surface area contributed by atoms with Crippen LogP contribution in [0.1, 0.15) is 21.3 Å². The van der Waals surface area contributed by atoms with Crippen molar-refractivity contribution in [3.05, 3.63) is 70.7 Å². The highest BCUT2D eigenvalue weighted by atomic mass is 32.1. The standard InChI is InChI=1S/C26H29F2N5O3S/c1-32(2)25(34)24-30-22(16-7-5-4-6-8-16)23(37-24)31-26(35)29-21-15-33(11-12-36-3)14-18(21)17-9-10-19(27)20(28)13-17/h4-10,13,18,21H,11-12,14-15H2,1-3H3,(H2,29,31,35)/t18-,21+/m0/s1. The molecule has 3 amide bonds. The predicted molar refractivity (Wildman–Crippen MR) is 139 cm³/mol. The van der Waals surface area contributed by atoms with Crippen molar-refractivity contribution in [1.29, 1.82) is 0 Å². The van der Waals surface area contributed by atoms with Crippen molar-refractivity contribution in [3.63, 3.8) is 0 Å². The van der Waals surface area contributed by atoms with Crippen LogP contribution in [0, 0.1) is 11.6 Å². The number of methoxy groups -OCH3 is 1. The molecule has 196 valence electrons. The van der Waals surface area contributed by atoms with E-state index in [0.29, 0.717) is 42.5 Å². The first-order valence-electron chi connectivity index (χ1n) is 11.8. The summed E-state index contributed by atoms with van der Waals surface area (Å²) >= 11 is 1.10. The Balaban J connectivity index is 1.56. The summed E-state index contributed by atoms with van der Waals surface area (Å²) in [5.41, 5.74) is 1.86. The zero-order valence-corrected chi connectivity index (χ0v) is 21.6. The minimum absolute atomic E-state index is 0.251. The normalized spacial score (nSPS) is 17.5.